The van der Waals surface area contributed by atoms with Crippen LogP contribution in [0.5, 0.6) is 0 Å². The molecule has 8 heteroatoms. The van der Waals surface area contributed by atoms with Gasteiger partial charge < -0.3 is 23.8 Å². The summed E-state index contributed by atoms with van der Waals surface area (Å²) in [5, 5.41) is 2.67. The molecule has 1 unspecified atom stereocenters. The molecule has 0 spiro atoms. The van der Waals surface area contributed by atoms with Gasteiger partial charge in [-0.3, -0.25) is 4.79 Å². The van der Waals surface area contributed by atoms with Gasteiger partial charge in [-0.05, 0) is 31.1 Å². The van der Waals surface area contributed by atoms with Crippen molar-refractivity contribution in [3.63, 3.8) is 0 Å². The predicted octanol–water partition coefficient (Wildman–Crippen LogP) is 3.32. The first-order valence-corrected chi connectivity index (χ1v) is 11.5. The number of carbonyl (C=O) groups excluding carboxylic acids is 2. The van der Waals surface area contributed by atoms with Crippen molar-refractivity contribution in [1.29, 1.82) is 0 Å². The van der Waals surface area contributed by atoms with E-state index in [1.165, 1.54) is 9.21 Å². The second-order valence-corrected chi connectivity index (χ2v) is 7.95. The Kier molecular flexibility index (Phi) is 15.4. The maximum atomic E-state index is 11.7. The van der Waals surface area contributed by atoms with E-state index in [9.17, 15) is 9.59 Å². The highest BCUT2D eigenvalue weighted by Crippen LogP contribution is 2.17. The van der Waals surface area contributed by atoms with Crippen molar-refractivity contribution in [3.8, 4) is 0 Å². The number of ether oxygens (including phenoxy) is 2. The van der Waals surface area contributed by atoms with Gasteiger partial charge in [0.2, 0.25) is 5.91 Å². The molecular formula is C16H30INO5S. The fourth-order valence-electron chi connectivity index (χ4n) is 1.77. The van der Waals surface area contributed by atoms with Crippen LogP contribution in [0.2, 0.25) is 0 Å². The molecule has 1 N–H and O–H groups in total. The summed E-state index contributed by atoms with van der Waals surface area (Å²) in [6.07, 6.45) is 4.68. The SMILES string of the molecule is CC(C)(C)C(C=O)NC(=O)COCCCOCCCCCOSI. The fourth-order valence-corrected chi connectivity index (χ4v) is 2.49. The van der Waals surface area contributed by atoms with Crippen LogP contribution in [0.3, 0.4) is 0 Å². The minimum Gasteiger partial charge on any atom is -0.381 e. The quantitative estimate of drug-likeness (QED) is 0.170. The van der Waals surface area contributed by atoms with Gasteiger partial charge >= 0.3 is 0 Å². The number of amides is 1. The highest BCUT2D eigenvalue weighted by molar-refractivity contribution is 14.2. The summed E-state index contributed by atoms with van der Waals surface area (Å²) in [4.78, 5) is 22.7. The van der Waals surface area contributed by atoms with E-state index in [0.29, 0.717) is 13.2 Å². The number of unbranched alkanes of at least 4 members (excludes halogenated alkanes) is 2. The third-order valence-electron chi connectivity index (χ3n) is 3.26. The Morgan fingerprint density at radius 3 is 2.33 bits per heavy atom. The summed E-state index contributed by atoms with van der Waals surface area (Å²) in [7, 11) is 1.37. The van der Waals surface area contributed by atoms with Crippen LogP contribution < -0.4 is 5.32 Å². The maximum absolute atomic E-state index is 11.7. The molecule has 1 atom stereocenters. The number of halogens is 1. The van der Waals surface area contributed by atoms with E-state index in [-0.39, 0.29) is 17.9 Å². The van der Waals surface area contributed by atoms with Crippen molar-refractivity contribution in [1.82, 2.24) is 5.32 Å². The van der Waals surface area contributed by atoms with Crippen LogP contribution in [-0.4, -0.2) is 51.3 Å². The molecule has 6 nitrogen and oxygen atoms in total. The van der Waals surface area contributed by atoms with E-state index in [1.807, 2.05) is 20.8 Å². The van der Waals surface area contributed by atoms with E-state index in [4.69, 9.17) is 13.7 Å². The molecule has 0 fully saturated rings. The smallest absolute Gasteiger partial charge is 0.246 e. The van der Waals surface area contributed by atoms with Gasteiger partial charge in [0.1, 0.15) is 12.9 Å². The van der Waals surface area contributed by atoms with Crippen LogP contribution in [0.4, 0.5) is 0 Å². The van der Waals surface area contributed by atoms with E-state index < -0.39 is 6.04 Å². The lowest BCUT2D eigenvalue weighted by Crippen LogP contribution is -2.46. The van der Waals surface area contributed by atoms with E-state index in [0.717, 1.165) is 45.2 Å². The molecule has 24 heavy (non-hydrogen) atoms. The van der Waals surface area contributed by atoms with Gasteiger partial charge in [0, 0.05) is 41.0 Å². The van der Waals surface area contributed by atoms with Crippen molar-refractivity contribution in [3.05, 3.63) is 0 Å². The first-order valence-electron chi connectivity index (χ1n) is 8.22. The Hall–Kier alpha value is 0.1000. The lowest BCUT2D eigenvalue weighted by Gasteiger charge is -2.26. The van der Waals surface area contributed by atoms with Crippen molar-refractivity contribution in [2.75, 3.05) is 33.0 Å². The fraction of sp³-hybridized carbons (Fsp3) is 0.875. The second kappa shape index (κ2) is 15.4. The molecule has 0 rings (SSSR count). The number of hydrogen-bond donors (Lipinski definition) is 1. The monoisotopic (exact) mass is 475 g/mol. The Morgan fingerprint density at radius 2 is 1.71 bits per heavy atom. The standard InChI is InChI=1S/C16H30INO5S/c1-16(2,3)14(12-19)18-15(20)13-22-10-7-9-21-8-5-4-6-11-23-24-17/h12,14H,4-11,13H2,1-3H3,(H,18,20). The molecule has 0 heterocycles. The molecule has 0 aliphatic rings. The minimum atomic E-state index is -0.502. The predicted molar refractivity (Wildman–Crippen MR) is 105 cm³/mol. The number of carbonyl (C=O) groups is 2. The van der Waals surface area contributed by atoms with Gasteiger partial charge in [-0.1, -0.05) is 20.8 Å². The third kappa shape index (κ3) is 14.4. The number of hydrogen-bond acceptors (Lipinski definition) is 6. The zero-order valence-electron chi connectivity index (χ0n) is 14.8. The van der Waals surface area contributed by atoms with Crippen molar-refractivity contribution < 1.29 is 23.2 Å². The zero-order chi connectivity index (χ0) is 18.3. The summed E-state index contributed by atoms with van der Waals surface area (Å²) in [6.45, 7) is 8.29. The summed E-state index contributed by atoms with van der Waals surface area (Å²) < 4.78 is 16.0. The molecule has 0 radical (unpaired) electrons. The van der Waals surface area contributed by atoms with E-state index >= 15 is 0 Å². The number of rotatable bonds is 15. The molecule has 0 aromatic heterocycles. The Balaban J connectivity index is 3.44. The lowest BCUT2D eigenvalue weighted by atomic mass is 9.88. The van der Waals surface area contributed by atoms with Gasteiger partial charge in [0.05, 0.1) is 21.9 Å². The normalized spacial score (nSPS) is 12.8. The van der Waals surface area contributed by atoms with Crippen LogP contribution in [-0.2, 0) is 23.2 Å². The van der Waals surface area contributed by atoms with Crippen molar-refractivity contribution in [2.45, 2.75) is 52.5 Å². The number of nitrogens with one attached hydrogen (secondary N) is 1. The van der Waals surface area contributed by atoms with Crippen LogP contribution in [0, 0.1) is 5.41 Å². The van der Waals surface area contributed by atoms with Crippen LogP contribution >= 0.6 is 30.4 Å². The summed E-state index contributed by atoms with van der Waals surface area (Å²) in [5.74, 6) is -0.269. The molecule has 0 aliphatic carbocycles. The molecule has 0 aromatic carbocycles. The molecule has 0 saturated carbocycles. The first kappa shape index (κ1) is 24.1. The molecule has 0 bridgehead atoms. The molecular weight excluding hydrogens is 445 g/mol. The molecule has 0 saturated heterocycles. The van der Waals surface area contributed by atoms with Gasteiger partial charge in [-0.15, -0.1) is 0 Å². The highest BCUT2D eigenvalue weighted by atomic mass is 127. The van der Waals surface area contributed by atoms with Crippen molar-refractivity contribution >= 4 is 42.6 Å². The van der Waals surface area contributed by atoms with Crippen LogP contribution in [0.15, 0.2) is 0 Å². The molecule has 142 valence electrons. The first-order chi connectivity index (χ1) is 11.4. The summed E-state index contributed by atoms with van der Waals surface area (Å²) >= 11 is 2.11. The van der Waals surface area contributed by atoms with Crippen molar-refractivity contribution in [2.24, 2.45) is 5.41 Å². The van der Waals surface area contributed by atoms with E-state index in [1.54, 1.807) is 0 Å². The van der Waals surface area contributed by atoms with Gasteiger partial charge in [-0.2, -0.15) is 0 Å². The van der Waals surface area contributed by atoms with E-state index in [2.05, 4.69) is 26.5 Å². The Labute approximate surface area is 161 Å². The van der Waals surface area contributed by atoms with Crippen LogP contribution in [0.1, 0.15) is 46.5 Å². The third-order valence-corrected chi connectivity index (χ3v) is 4.28. The van der Waals surface area contributed by atoms with Gasteiger partial charge in [0.15, 0.2) is 0 Å². The maximum Gasteiger partial charge on any atom is 0.246 e. The molecule has 0 aliphatic heterocycles. The average molecular weight is 475 g/mol. The van der Waals surface area contributed by atoms with Gasteiger partial charge in [0.25, 0.3) is 0 Å². The summed E-state index contributed by atoms with van der Waals surface area (Å²) in [5.41, 5.74) is -0.299. The largest absolute Gasteiger partial charge is 0.381 e. The average Bonchev–Trinajstić information content (AvgIpc) is 2.52. The highest BCUT2D eigenvalue weighted by Gasteiger charge is 2.25. The minimum absolute atomic E-state index is 0.0325. The van der Waals surface area contributed by atoms with Gasteiger partial charge in [-0.25, -0.2) is 0 Å². The molecule has 0 aromatic rings. The lowest BCUT2D eigenvalue weighted by molar-refractivity contribution is -0.129. The second-order valence-electron chi connectivity index (χ2n) is 6.51. The Bertz CT molecular complexity index is 339. The Morgan fingerprint density at radius 1 is 1.08 bits per heavy atom. The zero-order valence-corrected chi connectivity index (χ0v) is 17.8. The number of aldehydes is 1. The van der Waals surface area contributed by atoms with Crippen LogP contribution in [0.25, 0.3) is 0 Å². The molecule has 1 amide bonds. The topological polar surface area (TPSA) is 73.9 Å². The summed E-state index contributed by atoms with van der Waals surface area (Å²) in [6, 6.07) is -0.502.